The van der Waals surface area contributed by atoms with Crippen LogP contribution in [0.1, 0.15) is 16.5 Å². The minimum absolute atomic E-state index is 0.174. The zero-order chi connectivity index (χ0) is 14.7. The Morgan fingerprint density at radius 3 is 2.60 bits per heavy atom. The summed E-state index contributed by atoms with van der Waals surface area (Å²) in [6.45, 7) is 0. The number of hydrogen-bond donors (Lipinski definition) is 0. The van der Waals surface area contributed by atoms with Crippen LogP contribution in [0.25, 0.3) is 0 Å². The Bertz CT molecular complexity index is 617. The van der Waals surface area contributed by atoms with Crippen LogP contribution in [0, 0.1) is 11.6 Å². The molecule has 0 aliphatic heterocycles. The lowest BCUT2D eigenvalue weighted by Gasteiger charge is -2.12. The standard InChI is InChI=1S/C15H12Cl2F2O/c1-20-14-6-5-9(7-12(14)17)11(16)8-10-3-2-4-13(18)15(10)19/h2-7,11H,8H2,1H3. The predicted octanol–water partition coefficient (Wildman–Crippen LogP) is 5.15. The van der Waals surface area contributed by atoms with Crippen molar-refractivity contribution in [1.29, 1.82) is 0 Å². The van der Waals surface area contributed by atoms with Gasteiger partial charge in [0.2, 0.25) is 0 Å². The van der Waals surface area contributed by atoms with Crippen LogP contribution in [0.2, 0.25) is 5.02 Å². The van der Waals surface area contributed by atoms with E-state index >= 15 is 0 Å². The highest BCUT2D eigenvalue weighted by molar-refractivity contribution is 6.32. The van der Waals surface area contributed by atoms with Gasteiger partial charge in [-0.3, -0.25) is 0 Å². The smallest absolute Gasteiger partial charge is 0.162 e. The molecule has 5 heteroatoms. The number of ether oxygens (including phenoxy) is 1. The molecule has 106 valence electrons. The van der Waals surface area contributed by atoms with Crippen LogP contribution >= 0.6 is 23.2 Å². The lowest BCUT2D eigenvalue weighted by atomic mass is 10.0. The topological polar surface area (TPSA) is 9.23 Å². The minimum Gasteiger partial charge on any atom is -0.495 e. The molecule has 0 heterocycles. The second-order valence-corrected chi connectivity index (χ2v) is 5.21. The molecule has 0 fully saturated rings. The summed E-state index contributed by atoms with van der Waals surface area (Å²) in [6.07, 6.45) is 0.174. The van der Waals surface area contributed by atoms with Gasteiger partial charge >= 0.3 is 0 Å². The molecular formula is C15H12Cl2F2O. The largest absolute Gasteiger partial charge is 0.495 e. The summed E-state index contributed by atoms with van der Waals surface area (Å²) in [5, 5.41) is -0.0786. The number of benzene rings is 2. The molecule has 0 saturated heterocycles. The molecule has 0 aliphatic carbocycles. The van der Waals surface area contributed by atoms with Crippen LogP contribution < -0.4 is 4.74 Å². The first-order chi connectivity index (χ1) is 9.52. The Hall–Kier alpha value is -1.32. The van der Waals surface area contributed by atoms with Crippen LogP contribution in [0.15, 0.2) is 36.4 Å². The van der Waals surface area contributed by atoms with Gasteiger partial charge in [0.15, 0.2) is 11.6 Å². The molecule has 0 N–H and O–H groups in total. The predicted molar refractivity (Wildman–Crippen MR) is 76.7 cm³/mol. The van der Waals surface area contributed by atoms with Crippen molar-refractivity contribution in [2.45, 2.75) is 11.8 Å². The molecule has 20 heavy (non-hydrogen) atoms. The molecule has 1 unspecified atom stereocenters. The van der Waals surface area contributed by atoms with Crippen LogP contribution in [-0.4, -0.2) is 7.11 Å². The summed E-state index contributed by atoms with van der Waals surface area (Å²) in [5.41, 5.74) is 0.957. The number of alkyl halides is 1. The monoisotopic (exact) mass is 316 g/mol. The van der Waals surface area contributed by atoms with Gasteiger partial charge in [-0.25, -0.2) is 8.78 Å². The average Bonchev–Trinajstić information content (AvgIpc) is 2.43. The number of hydrogen-bond acceptors (Lipinski definition) is 1. The van der Waals surface area contributed by atoms with Crippen LogP contribution in [0.5, 0.6) is 5.75 Å². The summed E-state index contributed by atoms with van der Waals surface area (Å²) in [5.74, 6) is -1.20. The average molecular weight is 317 g/mol. The molecule has 2 rings (SSSR count). The van der Waals surface area contributed by atoms with E-state index in [0.717, 1.165) is 11.6 Å². The van der Waals surface area contributed by atoms with E-state index in [1.54, 1.807) is 18.2 Å². The number of halogens is 4. The van der Waals surface area contributed by atoms with E-state index in [9.17, 15) is 8.78 Å². The van der Waals surface area contributed by atoms with E-state index < -0.39 is 17.0 Å². The summed E-state index contributed by atoms with van der Waals surface area (Å²) in [4.78, 5) is 0. The Morgan fingerprint density at radius 2 is 1.95 bits per heavy atom. The lowest BCUT2D eigenvalue weighted by Crippen LogP contribution is -2.00. The van der Waals surface area contributed by atoms with Gasteiger partial charge in [-0.1, -0.05) is 29.8 Å². The maximum absolute atomic E-state index is 13.6. The Morgan fingerprint density at radius 1 is 1.20 bits per heavy atom. The quantitative estimate of drug-likeness (QED) is 0.709. The third-order valence-electron chi connectivity index (χ3n) is 2.97. The van der Waals surface area contributed by atoms with Gasteiger partial charge in [-0.15, -0.1) is 11.6 Å². The fourth-order valence-electron chi connectivity index (χ4n) is 1.89. The molecule has 0 amide bonds. The van der Waals surface area contributed by atoms with Crippen molar-refractivity contribution in [2.24, 2.45) is 0 Å². The molecule has 0 aliphatic rings. The van der Waals surface area contributed by atoms with Crippen molar-refractivity contribution in [1.82, 2.24) is 0 Å². The van der Waals surface area contributed by atoms with E-state index in [4.69, 9.17) is 27.9 Å². The van der Waals surface area contributed by atoms with Crippen molar-refractivity contribution in [2.75, 3.05) is 7.11 Å². The van der Waals surface area contributed by atoms with E-state index in [-0.39, 0.29) is 12.0 Å². The van der Waals surface area contributed by atoms with Crippen LogP contribution in [0.4, 0.5) is 8.78 Å². The minimum atomic E-state index is -0.876. The fourth-order valence-corrected chi connectivity index (χ4v) is 2.46. The summed E-state index contributed by atoms with van der Waals surface area (Å²) in [7, 11) is 1.52. The third-order valence-corrected chi connectivity index (χ3v) is 3.67. The number of methoxy groups -OCH3 is 1. The first kappa shape index (κ1) is 15.1. The molecule has 0 radical (unpaired) electrons. The first-order valence-corrected chi connectivity index (χ1v) is 6.74. The van der Waals surface area contributed by atoms with Gasteiger partial charge in [-0.05, 0) is 35.7 Å². The van der Waals surface area contributed by atoms with Crippen molar-refractivity contribution < 1.29 is 13.5 Å². The second kappa shape index (κ2) is 6.42. The lowest BCUT2D eigenvalue weighted by molar-refractivity contribution is 0.415. The zero-order valence-electron chi connectivity index (χ0n) is 10.7. The zero-order valence-corrected chi connectivity index (χ0v) is 12.2. The van der Waals surface area contributed by atoms with Gasteiger partial charge in [0, 0.05) is 0 Å². The van der Waals surface area contributed by atoms with Crippen molar-refractivity contribution >= 4 is 23.2 Å². The van der Waals surface area contributed by atoms with Crippen molar-refractivity contribution in [3.05, 3.63) is 64.2 Å². The van der Waals surface area contributed by atoms with E-state index in [1.165, 1.54) is 19.2 Å². The van der Waals surface area contributed by atoms with Gasteiger partial charge in [-0.2, -0.15) is 0 Å². The van der Waals surface area contributed by atoms with Gasteiger partial charge < -0.3 is 4.74 Å². The van der Waals surface area contributed by atoms with Gasteiger partial charge in [0.1, 0.15) is 5.75 Å². The molecule has 1 nitrogen and oxygen atoms in total. The van der Waals surface area contributed by atoms with Crippen LogP contribution in [0.3, 0.4) is 0 Å². The molecule has 0 spiro atoms. The summed E-state index contributed by atoms with van der Waals surface area (Å²) < 4.78 is 31.8. The van der Waals surface area contributed by atoms with Gasteiger partial charge in [0.05, 0.1) is 17.5 Å². The normalized spacial score (nSPS) is 12.2. The Labute approximate surface area is 126 Å². The van der Waals surface area contributed by atoms with Crippen molar-refractivity contribution in [3.63, 3.8) is 0 Å². The fraction of sp³-hybridized carbons (Fsp3) is 0.200. The molecule has 2 aromatic rings. The van der Waals surface area contributed by atoms with E-state index in [1.807, 2.05) is 0 Å². The Kier molecular flexibility index (Phi) is 4.84. The second-order valence-electron chi connectivity index (χ2n) is 4.28. The first-order valence-electron chi connectivity index (χ1n) is 5.93. The van der Waals surface area contributed by atoms with Gasteiger partial charge in [0.25, 0.3) is 0 Å². The van der Waals surface area contributed by atoms with E-state index in [2.05, 4.69) is 0 Å². The van der Waals surface area contributed by atoms with E-state index in [0.29, 0.717) is 10.8 Å². The highest BCUT2D eigenvalue weighted by Gasteiger charge is 2.15. The SMILES string of the molecule is COc1ccc(C(Cl)Cc2cccc(F)c2F)cc1Cl. The molecule has 0 bridgehead atoms. The number of rotatable bonds is 4. The molecule has 0 saturated carbocycles. The summed E-state index contributed by atoms with van der Waals surface area (Å²) in [6, 6.07) is 9.15. The highest BCUT2D eigenvalue weighted by atomic mass is 35.5. The third kappa shape index (κ3) is 3.22. The molecule has 0 aromatic heterocycles. The maximum atomic E-state index is 13.6. The Balaban J connectivity index is 2.21. The van der Waals surface area contributed by atoms with Crippen LogP contribution in [-0.2, 0) is 6.42 Å². The molecule has 1 atom stereocenters. The van der Waals surface area contributed by atoms with Crippen molar-refractivity contribution in [3.8, 4) is 5.75 Å². The highest BCUT2D eigenvalue weighted by Crippen LogP contribution is 2.32. The summed E-state index contributed by atoms with van der Waals surface area (Å²) >= 11 is 12.3. The molecular weight excluding hydrogens is 305 g/mol. The maximum Gasteiger partial charge on any atom is 0.162 e. The molecule has 2 aromatic carbocycles.